The van der Waals surface area contributed by atoms with Gasteiger partial charge in [0, 0.05) is 5.69 Å². The van der Waals surface area contributed by atoms with Crippen LogP contribution in [0.5, 0.6) is 0 Å². The summed E-state index contributed by atoms with van der Waals surface area (Å²) in [6, 6.07) is 7.89. The third kappa shape index (κ3) is 4.34. The number of anilines is 1. The first-order valence-corrected chi connectivity index (χ1v) is 5.79. The Morgan fingerprint density at radius 2 is 1.94 bits per heavy atom. The van der Waals surface area contributed by atoms with E-state index in [9.17, 15) is 4.79 Å². The number of nitrogens with one attached hydrogen (secondary N) is 1. The number of benzene rings is 1. The van der Waals surface area contributed by atoms with Crippen molar-refractivity contribution in [3.05, 3.63) is 29.8 Å². The van der Waals surface area contributed by atoms with E-state index in [-0.39, 0.29) is 0 Å². The van der Waals surface area contributed by atoms with Crippen LogP contribution in [-0.4, -0.2) is 12.7 Å². The molecule has 1 aromatic carbocycles. The second-order valence-corrected chi connectivity index (χ2v) is 3.65. The summed E-state index contributed by atoms with van der Waals surface area (Å²) in [6.45, 7) is 4.35. The summed E-state index contributed by atoms with van der Waals surface area (Å²) in [4.78, 5) is 11.1. The zero-order valence-corrected chi connectivity index (χ0v) is 9.95. The normalized spacial score (nSPS) is 9.88. The number of amides is 1. The van der Waals surface area contributed by atoms with Crippen molar-refractivity contribution in [3.63, 3.8) is 0 Å². The fraction of sp³-hybridized carbons (Fsp3) is 0.462. The van der Waals surface area contributed by atoms with Gasteiger partial charge in [0.05, 0.1) is 6.61 Å². The van der Waals surface area contributed by atoms with Crippen LogP contribution >= 0.6 is 0 Å². The zero-order chi connectivity index (χ0) is 11.8. The smallest absolute Gasteiger partial charge is 0.411 e. The summed E-state index contributed by atoms with van der Waals surface area (Å²) in [5.74, 6) is 0. The Morgan fingerprint density at radius 3 is 2.50 bits per heavy atom. The Kier molecular flexibility index (Phi) is 5.40. The highest BCUT2D eigenvalue weighted by atomic mass is 16.5. The van der Waals surface area contributed by atoms with Crippen LogP contribution in [0.2, 0.25) is 0 Å². The molecule has 0 aliphatic carbocycles. The molecule has 0 heterocycles. The highest BCUT2D eigenvalue weighted by molar-refractivity contribution is 5.84. The average Bonchev–Trinajstić information content (AvgIpc) is 2.28. The molecule has 88 valence electrons. The molecule has 0 fully saturated rings. The van der Waals surface area contributed by atoms with E-state index in [4.69, 9.17) is 4.74 Å². The summed E-state index contributed by atoms with van der Waals surface area (Å²) >= 11 is 0. The summed E-state index contributed by atoms with van der Waals surface area (Å²) in [7, 11) is 0. The van der Waals surface area contributed by atoms with E-state index in [0.717, 1.165) is 12.1 Å². The van der Waals surface area contributed by atoms with Gasteiger partial charge in [0.25, 0.3) is 0 Å². The van der Waals surface area contributed by atoms with Gasteiger partial charge in [-0.1, -0.05) is 25.5 Å². The van der Waals surface area contributed by atoms with Gasteiger partial charge < -0.3 is 4.74 Å². The first-order chi connectivity index (χ1) is 7.76. The molecule has 1 amide bonds. The fourth-order valence-corrected chi connectivity index (χ4v) is 1.42. The van der Waals surface area contributed by atoms with E-state index >= 15 is 0 Å². The Bertz CT molecular complexity index is 319. The maximum Gasteiger partial charge on any atom is 0.411 e. The van der Waals surface area contributed by atoms with Crippen molar-refractivity contribution in [1.82, 2.24) is 0 Å². The van der Waals surface area contributed by atoms with Crippen LogP contribution in [0.1, 0.15) is 32.3 Å². The monoisotopic (exact) mass is 221 g/mol. The number of carbonyl (C=O) groups excluding carboxylic acids is 1. The molecule has 0 radical (unpaired) electrons. The second-order valence-electron chi connectivity index (χ2n) is 3.65. The highest BCUT2D eigenvalue weighted by Gasteiger charge is 2.01. The third-order valence-electron chi connectivity index (χ3n) is 2.29. The van der Waals surface area contributed by atoms with Crippen molar-refractivity contribution in [2.75, 3.05) is 11.9 Å². The molecule has 3 heteroatoms. The Hall–Kier alpha value is -1.51. The standard InChI is InChI=1S/C13H19NO2/c1-3-5-6-11-7-9-12(10-8-11)14-13(15)16-4-2/h7-10H,3-6H2,1-2H3,(H,14,15). The van der Waals surface area contributed by atoms with Gasteiger partial charge in [-0.15, -0.1) is 0 Å². The van der Waals surface area contributed by atoms with Gasteiger partial charge in [-0.25, -0.2) is 4.79 Å². The molecule has 3 nitrogen and oxygen atoms in total. The summed E-state index contributed by atoms with van der Waals surface area (Å²) in [5.41, 5.74) is 2.08. The van der Waals surface area contributed by atoms with Gasteiger partial charge in [-0.2, -0.15) is 0 Å². The molecular formula is C13H19NO2. The summed E-state index contributed by atoms with van der Waals surface area (Å²) in [6.07, 6.45) is 3.09. The van der Waals surface area contributed by atoms with Crippen LogP contribution in [-0.2, 0) is 11.2 Å². The highest BCUT2D eigenvalue weighted by Crippen LogP contribution is 2.11. The third-order valence-corrected chi connectivity index (χ3v) is 2.29. The Labute approximate surface area is 96.8 Å². The minimum Gasteiger partial charge on any atom is -0.450 e. The number of hydrogen-bond acceptors (Lipinski definition) is 2. The maximum atomic E-state index is 11.1. The predicted molar refractivity (Wildman–Crippen MR) is 65.7 cm³/mol. The maximum absolute atomic E-state index is 11.1. The molecule has 0 saturated heterocycles. The van der Waals surface area contributed by atoms with Gasteiger partial charge in [0.1, 0.15) is 0 Å². The largest absolute Gasteiger partial charge is 0.450 e. The van der Waals surface area contributed by atoms with Crippen LogP contribution in [0.25, 0.3) is 0 Å². The van der Waals surface area contributed by atoms with Gasteiger partial charge in [0.15, 0.2) is 0 Å². The Morgan fingerprint density at radius 1 is 1.25 bits per heavy atom. The van der Waals surface area contributed by atoms with Crippen molar-refractivity contribution >= 4 is 11.8 Å². The zero-order valence-electron chi connectivity index (χ0n) is 9.95. The minimum atomic E-state index is -0.399. The molecule has 1 rings (SSSR count). The predicted octanol–water partition coefficient (Wildman–Crippen LogP) is 3.60. The van der Waals surface area contributed by atoms with Crippen molar-refractivity contribution in [2.24, 2.45) is 0 Å². The molecule has 1 N–H and O–H groups in total. The van der Waals surface area contributed by atoms with Crippen molar-refractivity contribution in [1.29, 1.82) is 0 Å². The lowest BCUT2D eigenvalue weighted by Crippen LogP contribution is -2.13. The van der Waals surface area contributed by atoms with E-state index < -0.39 is 6.09 Å². The first kappa shape index (κ1) is 12.6. The van der Waals surface area contributed by atoms with Crippen LogP contribution in [0.3, 0.4) is 0 Å². The number of ether oxygens (including phenoxy) is 1. The van der Waals surface area contributed by atoms with Gasteiger partial charge in [0.2, 0.25) is 0 Å². The molecule has 0 bridgehead atoms. The molecule has 16 heavy (non-hydrogen) atoms. The van der Waals surface area contributed by atoms with E-state index in [1.54, 1.807) is 6.92 Å². The number of hydrogen-bond donors (Lipinski definition) is 1. The molecule has 0 spiro atoms. The lowest BCUT2D eigenvalue weighted by Gasteiger charge is -2.06. The Balaban J connectivity index is 2.47. The number of carbonyl (C=O) groups is 1. The lowest BCUT2D eigenvalue weighted by molar-refractivity contribution is 0.168. The molecule has 0 saturated carbocycles. The van der Waals surface area contributed by atoms with Crippen molar-refractivity contribution in [2.45, 2.75) is 33.1 Å². The van der Waals surface area contributed by atoms with Gasteiger partial charge in [-0.3, -0.25) is 5.32 Å². The molecular weight excluding hydrogens is 202 g/mol. The van der Waals surface area contributed by atoms with E-state index in [1.165, 1.54) is 18.4 Å². The molecule has 1 aromatic rings. The van der Waals surface area contributed by atoms with Crippen LogP contribution < -0.4 is 5.32 Å². The molecule has 0 aliphatic heterocycles. The molecule has 0 aliphatic rings. The van der Waals surface area contributed by atoms with Gasteiger partial charge >= 0.3 is 6.09 Å². The fourth-order valence-electron chi connectivity index (χ4n) is 1.42. The van der Waals surface area contributed by atoms with E-state index in [0.29, 0.717) is 6.61 Å². The van der Waals surface area contributed by atoms with E-state index in [2.05, 4.69) is 12.2 Å². The van der Waals surface area contributed by atoms with Crippen molar-refractivity contribution in [3.8, 4) is 0 Å². The number of aryl methyl sites for hydroxylation is 1. The quantitative estimate of drug-likeness (QED) is 0.825. The molecule has 0 aromatic heterocycles. The van der Waals surface area contributed by atoms with E-state index in [1.807, 2.05) is 24.3 Å². The SMILES string of the molecule is CCCCc1ccc(NC(=O)OCC)cc1. The van der Waals surface area contributed by atoms with Crippen LogP contribution in [0, 0.1) is 0 Å². The van der Waals surface area contributed by atoms with Crippen molar-refractivity contribution < 1.29 is 9.53 Å². The van der Waals surface area contributed by atoms with Gasteiger partial charge in [-0.05, 0) is 37.5 Å². The van der Waals surface area contributed by atoms with Crippen LogP contribution in [0.15, 0.2) is 24.3 Å². The second kappa shape index (κ2) is 6.88. The summed E-state index contributed by atoms with van der Waals surface area (Å²) in [5, 5.41) is 2.66. The number of rotatable bonds is 5. The average molecular weight is 221 g/mol. The minimum absolute atomic E-state index is 0.389. The van der Waals surface area contributed by atoms with Crippen LogP contribution in [0.4, 0.5) is 10.5 Å². The topological polar surface area (TPSA) is 38.3 Å². The first-order valence-electron chi connectivity index (χ1n) is 5.79. The number of unbranched alkanes of at least 4 members (excludes halogenated alkanes) is 1. The summed E-state index contributed by atoms with van der Waals surface area (Å²) < 4.78 is 4.79. The lowest BCUT2D eigenvalue weighted by atomic mass is 10.1. The molecule has 0 unspecified atom stereocenters. The molecule has 0 atom stereocenters.